The largest absolute Gasteiger partial charge is 0.480 e. The van der Waals surface area contributed by atoms with E-state index in [1.807, 2.05) is 6.07 Å². The molecule has 0 spiro atoms. The highest BCUT2D eigenvalue weighted by atomic mass is 16.4. The van der Waals surface area contributed by atoms with Gasteiger partial charge in [0.2, 0.25) is 0 Å². The van der Waals surface area contributed by atoms with E-state index in [9.17, 15) is 4.79 Å². The van der Waals surface area contributed by atoms with Crippen LogP contribution < -0.4 is 0 Å². The summed E-state index contributed by atoms with van der Waals surface area (Å²) in [6.07, 6.45) is 0. The molecule has 1 aromatic heterocycles. The molecule has 4 heteroatoms. The molecular weight excluding hydrogens is 216 g/mol. The molecule has 96 valence electrons. The fourth-order valence-electron chi connectivity index (χ4n) is 1.64. The predicted octanol–water partition coefficient (Wildman–Crippen LogP) is 2.56. The molecule has 0 saturated heterocycles. The van der Waals surface area contributed by atoms with Crippen LogP contribution in [0.2, 0.25) is 0 Å². The number of hydrogen-bond donors (Lipinski definition) is 1. The molecule has 0 saturated carbocycles. The van der Waals surface area contributed by atoms with Crippen molar-refractivity contribution in [3.8, 4) is 0 Å². The molecule has 0 aromatic carbocycles. The number of carbonyl (C=O) groups is 1. The van der Waals surface area contributed by atoms with Crippen LogP contribution in [0.25, 0.3) is 0 Å². The van der Waals surface area contributed by atoms with Crippen molar-refractivity contribution in [3.05, 3.63) is 17.5 Å². The Morgan fingerprint density at radius 3 is 2.12 bits per heavy atom. The lowest BCUT2D eigenvalue weighted by atomic mass is 9.88. The summed E-state index contributed by atoms with van der Waals surface area (Å²) in [7, 11) is 0. The van der Waals surface area contributed by atoms with E-state index >= 15 is 0 Å². The van der Waals surface area contributed by atoms with Gasteiger partial charge in [0.15, 0.2) is 0 Å². The summed E-state index contributed by atoms with van der Waals surface area (Å²) in [6.45, 7) is 12.3. The summed E-state index contributed by atoms with van der Waals surface area (Å²) in [5.74, 6) is -0.862. The molecule has 0 atom stereocenters. The summed E-state index contributed by atoms with van der Waals surface area (Å²) >= 11 is 0. The average Bonchev–Trinajstić information content (AvgIpc) is 2.44. The minimum absolute atomic E-state index is 0.0657. The van der Waals surface area contributed by atoms with Crippen molar-refractivity contribution in [1.82, 2.24) is 9.78 Å². The highest BCUT2D eigenvalue weighted by Gasteiger charge is 2.26. The third-order valence-electron chi connectivity index (χ3n) is 2.60. The van der Waals surface area contributed by atoms with Gasteiger partial charge in [0, 0.05) is 16.5 Å². The Balaban J connectivity index is 3.27. The zero-order valence-corrected chi connectivity index (χ0v) is 11.5. The first-order valence-corrected chi connectivity index (χ1v) is 5.82. The van der Waals surface area contributed by atoms with Gasteiger partial charge in [-0.1, -0.05) is 41.5 Å². The number of aliphatic carboxylic acids is 1. The smallest absolute Gasteiger partial charge is 0.325 e. The van der Waals surface area contributed by atoms with E-state index in [2.05, 4.69) is 46.6 Å². The van der Waals surface area contributed by atoms with Gasteiger partial charge in [-0.25, -0.2) is 0 Å². The Morgan fingerprint density at radius 2 is 1.76 bits per heavy atom. The molecule has 1 heterocycles. The number of rotatable bonds is 2. The Morgan fingerprint density at radius 1 is 1.24 bits per heavy atom. The van der Waals surface area contributed by atoms with Crippen molar-refractivity contribution < 1.29 is 9.90 Å². The highest BCUT2D eigenvalue weighted by molar-refractivity contribution is 5.66. The molecule has 1 rings (SSSR count). The Bertz CT molecular complexity index is 420. The predicted molar refractivity (Wildman–Crippen MR) is 67.3 cm³/mol. The number of aromatic nitrogens is 2. The Labute approximate surface area is 103 Å². The van der Waals surface area contributed by atoms with E-state index in [1.165, 1.54) is 0 Å². The van der Waals surface area contributed by atoms with Crippen LogP contribution in [0.5, 0.6) is 0 Å². The molecule has 0 bridgehead atoms. The molecule has 0 fully saturated rings. The lowest BCUT2D eigenvalue weighted by Gasteiger charge is -2.19. The van der Waals surface area contributed by atoms with Crippen LogP contribution in [0.1, 0.15) is 52.9 Å². The molecule has 0 amide bonds. The summed E-state index contributed by atoms with van der Waals surface area (Å²) in [6, 6.07) is 2.02. The van der Waals surface area contributed by atoms with Gasteiger partial charge in [-0.05, 0) is 6.07 Å². The van der Waals surface area contributed by atoms with Gasteiger partial charge in [-0.15, -0.1) is 0 Å². The van der Waals surface area contributed by atoms with Crippen molar-refractivity contribution in [1.29, 1.82) is 0 Å². The molecule has 1 aromatic rings. The lowest BCUT2D eigenvalue weighted by Crippen LogP contribution is -2.21. The Hall–Kier alpha value is -1.32. The summed E-state index contributed by atoms with van der Waals surface area (Å²) in [4.78, 5) is 10.8. The van der Waals surface area contributed by atoms with Crippen molar-refractivity contribution in [2.24, 2.45) is 0 Å². The van der Waals surface area contributed by atoms with E-state index in [4.69, 9.17) is 5.11 Å². The van der Waals surface area contributed by atoms with Crippen molar-refractivity contribution >= 4 is 5.97 Å². The van der Waals surface area contributed by atoms with Gasteiger partial charge in [0.05, 0.1) is 5.69 Å². The molecule has 0 unspecified atom stereocenters. The zero-order valence-electron chi connectivity index (χ0n) is 11.5. The van der Waals surface area contributed by atoms with Crippen LogP contribution in [0.4, 0.5) is 0 Å². The summed E-state index contributed by atoms with van der Waals surface area (Å²) in [5, 5.41) is 13.3. The van der Waals surface area contributed by atoms with E-state index in [0.717, 1.165) is 11.4 Å². The monoisotopic (exact) mass is 238 g/mol. The minimum Gasteiger partial charge on any atom is -0.480 e. The van der Waals surface area contributed by atoms with Crippen LogP contribution in [0, 0.1) is 0 Å². The highest BCUT2D eigenvalue weighted by Crippen LogP contribution is 2.28. The second-order valence-electron chi connectivity index (χ2n) is 6.47. The number of nitrogens with zero attached hydrogens (tertiary/aromatic N) is 2. The minimum atomic E-state index is -0.862. The second-order valence-corrected chi connectivity index (χ2v) is 6.47. The maximum atomic E-state index is 10.8. The van der Waals surface area contributed by atoms with Crippen molar-refractivity contribution in [2.75, 3.05) is 0 Å². The van der Waals surface area contributed by atoms with Crippen LogP contribution in [-0.2, 0) is 22.2 Å². The average molecular weight is 238 g/mol. The van der Waals surface area contributed by atoms with Gasteiger partial charge in [-0.2, -0.15) is 5.10 Å². The Kier molecular flexibility index (Phi) is 3.37. The molecule has 0 aliphatic heterocycles. The van der Waals surface area contributed by atoms with Gasteiger partial charge in [0.25, 0.3) is 0 Å². The summed E-state index contributed by atoms with van der Waals surface area (Å²) in [5.41, 5.74) is 1.73. The molecule has 1 N–H and O–H groups in total. The maximum Gasteiger partial charge on any atom is 0.325 e. The normalized spacial score (nSPS) is 12.8. The SMILES string of the molecule is CC(C)(C)c1cc(C(C)(C)C)n(CC(=O)O)n1. The standard InChI is InChI=1S/C13H22N2O2/c1-12(2,3)9-7-10(13(4,5)6)15(14-9)8-11(16)17/h7H,8H2,1-6H3,(H,16,17). The summed E-state index contributed by atoms with van der Waals surface area (Å²) < 4.78 is 1.60. The second kappa shape index (κ2) is 4.17. The van der Waals surface area contributed by atoms with Gasteiger partial charge < -0.3 is 5.11 Å². The first kappa shape index (κ1) is 13.7. The quantitative estimate of drug-likeness (QED) is 0.861. The molecule has 0 radical (unpaired) electrons. The van der Waals surface area contributed by atoms with E-state index in [0.29, 0.717) is 0 Å². The van der Waals surface area contributed by atoms with Crippen LogP contribution in [0.15, 0.2) is 6.07 Å². The molecule has 4 nitrogen and oxygen atoms in total. The zero-order chi connectivity index (χ0) is 13.4. The first-order valence-electron chi connectivity index (χ1n) is 5.82. The van der Waals surface area contributed by atoms with Crippen LogP contribution in [0.3, 0.4) is 0 Å². The van der Waals surface area contributed by atoms with E-state index in [1.54, 1.807) is 4.68 Å². The maximum absolute atomic E-state index is 10.8. The molecule has 0 aliphatic rings. The third-order valence-corrected chi connectivity index (χ3v) is 2.60. The first-order chi connectivity index (χ1) is 7.51. The number of hydrogen-bond acceptors (Lipinski definition) is 2. The number of carboxylic acids is 1. The van der Waals surface area contributed by atoms with Gasteiger partial charge >= 0.3 is 5.97 Å². The van der Waals surface area contributed by atoms with Crippen molar-refractivity contribution in [3.63, 3.8) is 0 Å². The van der Waals surface area contributed by atoms with Gasteiger partial charge in [-0.3, -0.25) is 9.48 Å². The van der Waals surface area contributed by atoms with Crippen LogP contribution >= 0.6 is 0 Å². The molecule has 17 heavy (non-hydrogen) atoms. The molecular formula is C13H22N2O2. The topological polar surface area (TPSA) is 55.1 Å². The van der Waals surface area contributed by atoms with Crippen LogP contribution in [-0.4, -0.2) is 20.9 Å². The van der Waals surface area contributed by atoms with E-state index < -0.39 is 5.97 Å². The number of carboxylic acid groups (broad SMARTS) is 1. The van der Waals surface area contributed by atoms with Gasteiger partial charge in [0.1, 0.15) is 6.54 Å². The fourth-order valence-corrected chi connectivity index (χ4v) is 1.64. The fraction of sp³-hybridized carbons (Fsp3) is 0.692. The lowest BCUT2D eigenvalue weighted by molar-refractivity contribution is -0.137. The van der Waals surface area contributed by atoms with Crippen molar-refractivity contribution in [2.45, 2.75) is 58.9 Å². The van der Waals surface area contributed by atoms with E-state index in [-0.39, 0.29) is 17.4 Å². The molecule has 0 aliphatic carbocycles. The third kappa shape index (κ3) is 3.32.